The minimum Gasteiger partial charge on any atom is -0.398 e. The van der Waals surface area contributed by atoms with E-state index >= 15 is 0 Å². The molecule has 0 aliphatic rings. The second-order valence-corrected chi connectivity index (χ2v) is 5.09. The minimum atomic E-state index is -4.47. The number of hydrogen-bond donors (Lipinski definition) is 2. The van der Waals surface area contributed by atoms with Crippen molar-refractivity contribution in [3.63, 3.8) is 0 Å². The standard InChI is InChI=1S/C16H16F3NO/c1-9-3-4-11(7-10(9)2)15(21)13-8-12(16(17,18)19)5-6-14(13)20/h3-8,15,21H,20H2,1-2H3. The van der Waals surface area contributed by atoms with Crippen molar-refractivity contribution < 1.29 is 18.3 Å². The molecule has 3 N–H and O–H groups in total. The van der Waals surface area contributed by atoms with Gasteiger partial charge >= 0.3 is 6.18 Å². The fourth-order valence-corrected chi connectivity index (χ4v) is 2.10. The molecule has 1 unspecified atom stereocenters. The first-order chi connectivity index (χ1) is 9.70. The molecule has 0 aliphatic carbocycles. The van der Waals surface area contributed by atoms with Gasteiger partial charge in [0, 0.05) is 11.3 Å². The first kappa shape index (κ1) is 15.4. The summed E-state index contributed by atoms with van der Waals surface area (Å²) in [7, 11) is 0. The number of nitrogen functional groups attached to an aromatic ring is 1. The molecule has 0 saturated heterocycles. The molecule has 0 amide bonds. The van der Waals surface area contributed by atoms with E-state index in [1.165, 1.54) is 6.07 Å². The van der Waals surface area contributed by atoms with E-state index in [9.17, 15) is 18.3 Å². The topological polar surface area (TPSA) is 46.2 Å². The van der Waals surface area contributed by atoms with Crippen LogP contribution in [0.5, 0.6) is 0 Å². The van der Waals surface area contributed by atoms with Gasteiger partial charge in [-0.25, -0.2) is 0 Å². The highest BCUT2D eigenvalue weighted by molar-refractivity contribution is 5.53. The molecule has 0 saturated carbocycles. The lowest BCUT2D eigenvalue weighted by atomic mass is 9.95. The summed E-state index contributed by atoms with van der Waals surface area (Å²) in [6.45, 7) is 3.80. The van der Waals surface area contributed by atoms with Crippen molar-refractivity contribution in [1.82, 2.24) is 0 Å². The number of nitrogens with two attached hydrogens (primary N) is 1. The van der Waals surface area contributed by atoms with E-state index in [1.54, 1.807) is 12.1 Å². The smallest absolute Gasteiger partial charge is 0.398 e. The van der Waals surface area contributed by atoms with Crippen LogP contribution < -0.4 is 5.73 Å². The van der Waals surface area contributed by atoms with Gasteiger partial charge in [-0.1, -0.05) is 18.2 Å². The van der Waals surface area contributed by atoms with Gasteiger partial charge in [0.1, 0.15) is 6.10 Å². The zero-order chi connectivity index (χ0) is 15.8. The van der Waals surface area contributed by atoms with Crippen LogP contribution in [0.25, 0.3) is 0 Å². The van der Waals surface area contributed by atoms with Gasteiger partial charge in [-0.3, -0.25) is 0 Å². The second kappa shape index (κ2) is 5.41. The third kappa shape index (κ3) is 3.19. The first-order valence-electron chi connectivity index (χ1n) is 6.42. The molecule has 2 nitrogen and oxygen atoms in total. The summed E-state index contributed by atoms with van der Waals surface area (Å²) in [5, 5.41) is 10.3. The highest BCUT2D eigenvalue weighted by atomic mass is 19.4. The third-order valence-corrected chi connectivity index (χ3v) is 3.56. The maximum atomic E-state index is 12.8. The van der Waals surface area contributed by atoms with Gasteiger partial charge < -0.3 is 10.8 Å². The van der Waals surface area contributed by atoms with Crippen LogP contribution in [0.2, 0.25) is 0 Å². The fraction of sp³-hybridized carbons (Fsp3) is 0.250. The number of rotatable bonds is 2. The van der Waals surface area contributed by atoms with Crippen molar-refractivity contribution in [2.75, 3.05) is 5.73 Å². The Kier molecular flexibility index (Phi) is 3.96. The summed E-state index contributed by atoms with van der Waals surface area (Å²) in [4.78, 5) is 0. The number of aryl methyl sites for hydroxylation is 2. The van der Waals surface area contributed by atoms with Crippen LogP contribution in [0.15, 0.2) is 36.4 Å². The molecule has 1 atom stereocenters. The summed E-state index contributed by atoms with van der Waals surface area (Å²) in [6, 6.07) is 8.23. The Hall–Kier alpha value is -2.01. The summed E-state index contributed by atoms with van der Waals surface area (Å²) in [5.41, 5.74) is 7.60. The van der Waals surface area contributed by atoms with E-state index in [1.807, 2.05) is 19.9 Å². The van der Waals surface area contributed by atoms with Crippen molar-refractivity contribution in [1.29, 1.82) is 0 Å². The highest BCUT2D eigenvalue weighted by Crippen LogP contribution is 2.35. The minimum absolute atomic E-state index is 0.0630. The molecule has 2 aromatic carbocycles. The number of hydrogen-bond acceptors (Lipinski definition) is 2. The Labute approximate surface area is 121 Å². The Morgan fingerprint density at radius 3 is 2.24 bits per heavy atom. The Morgan fingerprint density at radius 1 is 1.00 bits per heavy atom. The predicted molar refractivity (Wildman–Crippen MR) is 75.8 cm³/mol. The zero-order valence-corrected chi connectivity index (χ0v) is 11.7. The van der Waals surface area contributed by atoms with Crippen LogP contribution in [0.1, 0.15) is 33.9 Å². The molecular formula is C16H16F3NO. The number of alkyl halides is 3. The Balaban J connectivity index is 2.47. The summed E-state index contributed by atoms with van der Waals surface area (Å²) in [5.74, 6) is 0. The van der Waals surface area contributed by atoms with Crippen molar-refractivity contribution in [2.45, 2.75) is 26.1 Å². The van der Waals surface area contributed by atoms with Crippen LogP contribution in [0.3, 0.4) is 0 Å². The second-order valence-electron chi connectivity index (χ2n) is 5.09. The summed E-state index contributed by atoms with van der Waals surface area (Å²) < 4.78 is 38.3. The van der Waals surface area contributed by atoms with Gasteiger partial charge in [-0.2, -0.15) is 13.2 Å². The van der Waals surface area contributed by atoms with Crippen molar-refractivity contribution in [3.05, 3.63) is 64.2 Å². The van der Waals surface area contributed by atoms with Gasteiger partial charge in [0.2, 0.25) is 0 Å². The predicted octanol–water partition coefficient (Wildman–Crippen LogP) is 3.99. The molecule has 5 heteroatoms. The molecule has 0 spiro atoms. The van der Waals surface area contributed by atoms with E-state index in [4.69, 9.17) is 5.73 Å². The van der Waals surface area contributed by atoms with Gasteiger partial charge in [-0.15, -0.1) is 0 Å². The normalized spacial score (nSPS) is 13.2. The maximum Gasteiger partial charge on any atom is 0.416 e. The largest absolute Gasteiger partial charge is 0.416 e. The van der Waals surface area contributed by atoms with Crippen molar-refractivity contribution >= 4 is 5.69 Å². The molecule has 0 aromatic heterocycles. The number of benzene rings is 2. The molecule has 2 rings (SSSR count). The zero-order valence-electron chi connectivity index (χ0n) is 11.7. The van der Waals surface area contributed by atoms with E-state index in [0.717, 1.165) is 23.3 Å². The number of halogens is 3. The average Bonchev–Trinajstić information content (AvgIpc) is 2.40. The Bertz CT molecular complexity index is 665. The van der Waals surface area contributed by atoms with Crippen LogP contribution in [-0.4, -0.2) is 5.11 Å². The number of aliphatic hydroxyl groups is 1. The van der Waals surface area contributed by atoms with E-state index in [0.29, 0.717) is 5.56 Å². The van der Waals surface area contributed by atoms with Crippen molar-refractivity contribution in [3.8, 4) is 0 Å². The maximum absolute atomic E-state index is 12.8. The lowest BCUT2D eigenvalue weighted by molar-refractivity contribution is -0.137. The molecule has 2 aromatic rings. The molecule has 0 bridgehead atoms. The fourth-order valence-electron chi connectivity index (χ4n) is 2.10. The highest BCUT2D eigenvalue weighted by Gasteiger charge is 2.31. The number of anilines is 1. The molecule has 21 heavy (non-hydrogen) atoms. The third-order valence-electron chi connectivity index (χ3n) is 3.56. The molecule has 112 valence electrons. The van der Waals surface area contributed by atoms with Crippen LogP contribution in [0, 0.1) is 13.8 Å². The molecule has 0 heterocycles. The van der Waals surface area contributed by atoms with Gasteiger partial charge in [-0.05, 0) is 48.7 Å². The molecule has 0 radical (unpaired) electrons. The van der Waals surface area contributed by atoms with Gasteiger partial charge in [0.05, 0.1) is 5.56 Å². The van der Waals surface area contributed by atoms with E-state index in [2.05, 4.69) is 0 Å². The summed E-state index contributed by atoms with van der Waals surface area (Å²) >= 11 is 0. The summed E-state index contributed by atoms with van der Waals surface area (Å²) in [6.07, 6.45) is -5.66. The van der Waals surface area contributed by atoms with Crippen molar-refractivity contribution in [2.24, 2.45) is 0 Å². The SMILES string of the molecule is Cc1ccc(C(O)c2cc(C(F)(F)F)ccc2N)cc1C. The molecular weight excluding hydrogens is 279 g/mol. The monoisotopic (exact) mass is 295 g/mol. The lowest BCUT2D eigenvalue weighted by Crippen LogP contribution is -2.10. The quantitative estimate of drug-likeness (QED) is 0.823. The first-order valence-corrected chi connectivity index (χ1v) is 6.42. The molecule has 0 fully saturated rings. The average molecular weight is 295 g/mol. The molecule has 0 aliphatic heterocycles. The van der Waals surface area contributed by atoms with Crippen LogP contribution in [0.4, 0.5) is 18.9 Å². The van der Waals surface area contributed by atoms with Crippen LogP contribution >= 0.6 is 0 Å². The van der Waals surface area contributed by atoms with E-state index in [-0.39, 0.29) is 11.3 Å². The lowest BCUT2D eigenvalue weighted by Gasteiger charge is -2.17. The van der Waals surface area contributed by atoms with Gasteiger partial charge in [0.15, 0.2) is 0 Å². The number of aliphatic hydroxyl groups excluding tert-OH is 1. The Morgan fingerprint density at radius 2 is 1.67 bits per heavy atom. The van der Waals surface area contributed by atoms with E-state index < -0.39 is 17.8 Å². The van der Waals surface area contributed by atoms with Gasteiger partial charge in [0.25, 0.3) is 0 Å². The van der Waals surface area contributed by atoms with Crippen LogP contribution in [-0.2, 0) is 6.18 Å².